The second-order valence-corrected chi connectivity index (χ2v) is 7.00. The van der Waals surface area contributed by atoms with E-state index < -0.39 is 17.4 Å². The standard InChI is InChI=1S/C21H40O4/c1-7-13-17(14-8-2)24-19(22)21(11-5,12-6)20(23)25-18(15-9-3)16-10-4/h17-18H,7-16H2,1-6H3. The molecule has 0 saturated carbocycles. The number of rotatable bonds is 14. The first-order chi connectivity index (χ1) is 11.9. The van der Waals surface area contributed by atoms with Gasteiger partial charge in [0, 0.05) is 0 Å². The molecule has 0 amide bonds. The minimum Gasteiger partial charge on any atom is -0.462 e. The molecule has 0 atom stereocenters. The van der Waals surface area contributed by atoms with Crippen molar-refractivity contribution in [3.63, 3.8) is 0 Å². The van der Waals surface area contributed by atoms with Crippen molar-refractivity contribution >= 4 is 11.9 Å². The SMILES string of the molecule is CCCC(CCC)OC(=O)C(CC)(CC)C(=O)OC(CCC)CCC. The molecular weight excluding hydrogens is 316 g/mol. The van der Waals surface area contributed by atoms with Crippen LogP contribution in [0.4, 0.5) is 0 Å². The number of carbonyl (C=O) groups is 2. The summed E-state index contributed by atoms with van der Waals surface area (Å²) < 4.78 is 11.5. The highest BCUT2D eigenvalue weighted by molar-refractivity contribution is 6.00. The number of hydrogen-bond donors (Lipinski definition) is 0. The molecule has 0 aliphatic heterocycles. The van der Waals surface area contributed by atoms with Crippen LogP contribution in [0.15, 0.2) is 0 Å². The van der Waals surface area contributed by atoms with Crippen molar-refractivity contribution in [3.05, 3.63) is 0 Å². The van der Waals surface area contributed by atoms with E-state index in [1.807, 2.05) is 13.8 Å². The van der Waals surface area contributed by atoms with Crippen molar-refractivity contribution < 1.29 is 19.1 Å². The maximum absolute atomic E-state index is 12.9. The molecule has 148 valence electrons. The number of ether oxygens (including phenoxy) is 2. The van der Waals surface area contributed by atoms with Gasteiger partial charge in [-0.3, -0.25) is 9.59 Å². The molecule has 0 aromatic rings. The molecule has 0 bridgehead atoms. The second-order valence-electron chi connectivity index (χ2n) is 7.00. The third-order valence-corrected chi connectivity index (χ3v) is 4.98. The molecule has 0 aromatic carbocycles. The molecule has 0 saturated heterocycles. The first-order valence-electron chi connectivity index (χ1n) is 10.4. The molecule has 4 nitrogen and oxygen atoms in total. The number of hydrogen-bond acceptors (Lipinski definition) is 4. The first kappa shape index (κ1) is 23.9. The van der Waals surface area contributed by atoms with Gasteiger partial charge in [-0.15, -0.1) is 0 Å². The Morgan fingerprint density at radius 2 is 0.920 bits per heavy atom. The Labute approximate surface area is 155 Å². The minimum atomic E-state index is -1.17. The molecule has 0 spiro atoms. The van der Waals surface area contributed by atoms with Crippen molar-refractivity contribution in [1.82, 2.24) is 0 Å². The zero-order valence-electron chi connectivity index (χ0n) is 17.4. The van der Waals surface area contributed by atoms with Gasteiger partial charge in [0.1, 0.15) is 12.2 Å². The number of esters is 2. The molecule has 0 heterocycles. The predicted octanol–water partition coefficient (Wildman–Crippen LogP) is 5.82. The van der Waals surface area contributed by atoms with Gasteiger partial charge in [0.15, 0.2) is 5.41 Å². The van der Waals surface area contributed by atoms with Crippen LogP contribution >= 0.6 is 0 Å². The Kier molecular flexibility index (Phi) is 12.6. The molecular formula is C21H40O4. The fraction of sp³-hybridized carbons (Fsp3) is 0.905. The van der Waals surface area contributed by atoms with Gasteiger partial charge in [0.2, 0.25) is 0 Å². The smallest absolute Gasteiger partial charge is 0.323 e. The van der Waals surface area contributed by atoms with Gasteiger partial charge in [-0.25, -0.2) is 0 Å². The molecule has 0 unspecified atom stereocenters. The lowest BCUT2D eigenvalue weighted by Gasteiger charge is -2.31. The summed E-state index contributed by atoms with van der Waals surface area (Å²) in [5, 5.41) is 0. The van der Waals surface area contributed by atoms with E-state index >= 15 is 0 Å². The van der Waals surface area contributed by atoms with Crippen LogP contribution in [0.5, 0.6) is 0 Å². The van der Waals surface area contributed by atoms with Crippen LogP contribution < -0.4 is 0 Å². The van der Waals surface area contributed by atoms with Gasteiger partial charge in [-0.2, -0.15) is 0 Å². The van der Waals surface area contributed by atoms with Crippen LogP contribution in [0.25, 0.3) is 0 Å². The average molecular weight is 357 g/mol. The summed E-state index contributed by atoms with van der Waals surface area (Å²) in [6.07, 6.45) is 7.83. The quantitative estimate of drug-likeness (QED) is 0.291. The molecule has 0 rings (SSSR count). The Balaban J connectivity index is 5.22. The fourth-order valence-corrected chi connectivity index (χ4v) is 3.25. The molecule has 0 aliphatic carbocycles. The van der Waals surface area contributed by atoms with Crippen LogP contribution in [0.2, 0.25) is 0 Å². The lowest BCUT2D eigenvalue weighted by molar-refractivity contribution is -0.180. The van der Waals surface area contributed by atoms with Crippen molar-refractivity contribution in [1.29, 1.82) is 0 Å². The molecule has 4 heteroatoms. The lowest BCUT2D eigenvalue weighted by Crippen LogP contribution is -2.44. The van der Waals surface area contributed by atoms with Crippen molar-refractivity contribution in [2.75, 3.05) is 0 Å². The van der Waals surface area contributed by atoms with Gasteiger partial charge >= 0.3 is 11.9 Å². The highest BCUT2D eigenvalue weighted by atomic mass is 16.6. The van der Waals surface area contributed by atoms with Crippen molar-refractivity contribution in [2.45, 2.75) is 118 Å². The van der Waals surface area contributed by atoms with Crippen LogP contribution in [-0.4, -0.2) is 24.1 Å². The summed E-state index contributed by atoms with van der Waals surface area (Å²) in [4.78, 5) is 25.8. The average Bonchev–Trinajstić information content (AvgIpc) is 2.57. The Bertz CT molecular complexity index is 330. The van der Waals surface area contributed by atoms with Crippen LogP contribution in [-0.2, 0) is 19.1 Å². The van der Waals surface area contributed by atoms with Crippen molar-refractivity contribution in [3.8, 4) is 0 Å². The van der Waals surface area contributed by atoms with E-state index in [9.17, 15) is 9.59 Å². The summed E-state index contributed by atoms with van der Waals surface area (Å²) in [7, 11) is 0. The first-order valence-corrected chi connectivity index (χ1v) is 10.4. The normalized spacial score (nSPS) is 11.8. The van der Waals surface area contributed by atoms with Crippen LogP contribution in [0.1, 0.15) is 106 Å². The zero-order valence-corrected chi connectivity index (χ0v) is 17.4. The van der Waals surface area contributed by atoms with Gasteiger partial charge in [0.25, 0.3) is 0 Å². The molecule has 25 heavy (non-hydrogen) atoms. The largest absolute Gasteiger partial charge is 0.462 e. The second kappa shape index (κ2) is 13.2. The van der Waals surface area contributed by atoms with Crippen molar-refractivity contribution in [2.24, 2.45) is 5.41 Å². The summed E-state index contributed by atoms with van der Waals surface area (Å²) >= 11 is 0. The van der Waals surface area contributed by atoms with E-state index in [2.05, 4.69) is 27.7 Å². The summed E-state index contributed by atoms with van der Waals surface area (Å²) in [6, 6.07) is 0. The van der Waals surface area contributed by atoms with E-state index in [0.29, 0.717) is 12.8 Å². The Morgan fingerprint density at radius 1 is 0.640 bits per heavy atom. The summed E-state index contributed by atoms with van der Waals surface area (Å²) in [5.41, 5.74) is -1.17. The molecule has 0 N–H and O–H groups in total. The zero-order chi connectivity index (χ0) is 19.3. The highest BCUT2D eigenvalue weighted by Crippen LogP contribution is 2.32. The van der Waals surface area contributed by atoms with E-state index in [-0.39, 0.29) is 12.2 Å². The number of carbonyl (C=O) groups excluding carboxylic acids is 2. The molecule has 0 radical (unpaired) electrons. The maximum Gasteiger partial charge on any atom is 0.323 e. The molecule has 0 aromatic heterocycles. The summed E-state index contributed by atoms with van der Waals surface area (Å²) in [5.74, 6) is -0.803. The van der Waals surface area contributed by atoms with E-state index in [4.69, 9.17) is 9.47 Å². The minimum absolute atomic E-state index is 0.102. The Morgan fingerprint density at radius 3 is 1.12 bits per heavy atom. The topological polar surface area (TPSA) is 52.6 Å². The van der Waals surface area contributed by atoms with E-state index in [1.165, 1.54) is 0 Å². The predicted molar refractivity (Wildman–Crippen MR) is 102 cm³/mol. The van der Waals surface area contributed by atoms with Crippen LogP contribution in [0, 0.1) is 5.41 Å². The third kappa shape index (κ3) is 7.37. The van der Waals surface area contributed by atoms with Gasteiger partial charge in [-0.05, 0) is 38.5 Å². The third-order valence-electron chi connectivity index (χ3n) is 4.98. The Hall–Kier alpha value is -1.06. The van der Waals surface area contributed by atoms with Gasteiger partial charge in [0.05, 0.1) is 0 Å². The highest BCUT2D eigenvalue weighted by Gasteiger charge is 2.47. The summed E-state index contributed by atoms with van der Waals surface area (Å²) in [6.45, 7) is 12.1. The fourth-order valence-electron chi connectivity index (χ4n) is 3.25. The van der Waals surface area contributed by atoms with E-state index in [0.717, 1.165) is 51.4 Å². The van der Waals surface area contributed by atoms with Gasteiger partial charge < -0.3 is 9.47 Å². The maximum atomic E-state index is 12.9. The van der Waals surface area contributed by atoms with Crippen LogP contribution in [0.3, 0.4) is 0 Å². The van der Waals surface area contributed by atoms with E-state index in [1.54, 1.807) is 0 Å². The monoisotopic (exact) mass is 356 g/mol. The molecule has 0 fully saturated rings. The van der Waals surface area contributed by atoms with Gasteiger partial charge in [-0.1, -0.05) is 67.2 Å². The lowest BCUT2D eigenvalue weighted by atomic mass is 9.82. The molecule has 0 aliphatic rings.